The van der Waals surface area contributed by atoms with Crippen LogP contribution in [0.15, 0.2) is 71.5 Å². The molecular formula is C26H28BrN3O. The number of rotatable bonds is 9. The van der Waals surface area contributed by atoms with Gasteiger partial charge in [0, 0.05) is 13.1 Å². The molecule has 3 aromatic rings. The van der Waals surface area contributed by atoms with Crippen LogP contribution in [0.1, 0.15) is 43.7 Å². The van der Waals surface area contributed by atoms with E-state index in [0.717, 1.165) is 53.6 Å². The summed E-state index contributed by atoms with van der Waals surface area (Å²) >= 11 is 3.36. The Morgan fingerprint density at radius 1 is 0.935 bits per heavy atom. The van der Waals surface area contributed by atoms with Crippen LogP contribution in [-0.4, -0.2) is 24.0 Å². The van der Waals surface area contributed by atoms with E-state index in [9.17, 15) is 4.79 Å². The fraction of sp³-hybridized carbons (Fsp3) is 0.308. The molecule has 0 saturated heterocycles. The number of anilines is 1. The van der Waals surface area contributed by atoms with E-state index in [1.54, 1.807) is 0 Å². The van der Waals surface area contributed by atoms with Crippen LogP contribution >= 0.6 is 15.9 Å². The van der Waals surface area contributed by atoms with Crippen LogP contribution in [0.3, 0.4) is 0 Å². The van der Waals surface area contributed by atoms with Gasteiger partial charge in [0.1, 0.15) is 10.0 Å². The van der Waals surface area contributed by atoms with Gasteiger partial charge in [-0.05, 0) is 76.0 Å². The number of hydrogen-bond acceptors (Lipinski definition) is 3. The number of unbranched alkanes of at least 4 members (excludes halogenated alkanes) is 1. The van der Waals surface area contributed by atoms with E-state index in [-0.39, 0.29) is 5.91 Å². The summed E-state index contributed by atoms with van der Waals surface area (Å²) in [7, 11) is 0. The Morgan fingerprint density at radius 3 is 2.23 bits per heavy atom. The van der Waals surface area contributed by atoms with Crippen molar-refractivity contribution in [3.05, 3.63) is 82.6 Å². The van der Waals surface area contributed by atoms with Gasteiger partial charge in [-0.2, -0.15) is 0 Å². The van der Waals surface area contributed by atoms with Crippen molar-refractivity contribution in [3.63, 3.8) is 0 Å². The topological polar surface area (TPSA) is 54.0 Å². The van der Waals surface area contributed by atoms with Crippen molar-refractivity contribution in [1.29, 1.82) is 0 Å². The molecule has 0 radical (unpaired) electrons. The van der Waals surface area contributed by atoms with Gasteiger partial charge in [0.2, 0.25) is 5.91 Å². The molecule has 0 bridgehead atoms. The van der Waals surface area contributed by atoms with Gasteiger partial charge < -0.3 is 10.6 Å². The van der Waals surface area contributed by atoms with E-state index in [2.05, 4.69) is 87.0 Å². The lowest BCUT2D eigenvalue weighted by Gasteiger charge is -2.31. The van der Waals surface area contributed by atoms with Gasteiger partial charge >= 0.3 is 0 Å². The number of fused-ring (bicyclic) bond motifs is 3. The van der Waals surface area contributed by atoms with Crippen molar-refractivity contribution < 1.29 is 4.79 Å². The van der Waals surface area contributed by atoms with E-state index >= 15 is 0 Å². The molecule has 2 N–H and O–H groups in total. The number of carbonyl (C=O) groups excluding carboxylic acids is 1. The summed E-state index contributed by atoms with van der Waals surface area (Å²) in [5, 5.41) is 6.63. The highest BCUT2D eigenvalue weighted by molar-refractivity contribution is 9.10. The minimum absolute atomic E-state index is 0.122. The Labute approximate surface area is 192 Å². The van der Waals surface area contributed by atoms with E-state index in [0.29, 0.717) is 6.54 Å². The second-order valence-corrected chi connectivity index (χ2v) is 8.82. The van der Waals surface area contributed by atoms with E-state index in [1.807, 2.05) is 18.3 Å². The van der Waals surface area contributed by atoms with Gasteiger partial charge in [-0.3, -0.25) is 4.79 Å². The maximum atomic E-state index is 13.6. The lowest BCUT2D eigenvalue weighted by atomic mass is 9.73. The van der Waals surface area contributed by atoms with Gasteiger partial charge in [-0.1, -0.05) is 55.5 Å². The van der Waals surface area contributed by atoms with E-state index in [4.69, 9.17) is 0 Å². The van der Waals surface area contributed by atoms with Crippen molar-refractivity contribution in [3.8, 4) is 11.1 Å². The predicted octanol–water partition coefficient (Wildman–Crippen LogP) is 5.92. The largest absolute Gasteiger partial charge is 0.384 e. The second kappa shape index (κ2) is 9.65. The smallest absolute Gasteiger partial charge is 0.235 e. The van der Waals surface area contributed by atoms with Gasteiger partial charge in [0.15, 0.2) is 0 Å². The quantitative estimate of drug-likeness (QED) is 0.297. The molecule has 0 saturated carbocycles. The average Bonchev–Trinajstić information content (AvgIpc) is 3.09. The standard InChI is InChI=1S/C26H28BrN3O/c1-2-16-29-25(31)26(15-7-8-17-28-19-13-14-24(27)30-18-19)22-11-5-3-9-20(22)21-10-4-6-12-23(21)26/h3-6,9-14,18,28H,2,7-8,15-17H2,1H3,(H,29,31). The normalized spacial score (nSPS) is 13.4. The second-order valence-electron chi connectivity index (χ2n) is 8.01. The van der Waals surface area contributed by atoms with Crippen molar-refractivity contribution in [1.82, 2.24) is 10.3 Å². The third-order valence-corrected chi connectivity index (χ3v) is 6.49. The third kappa shape index (κ3) is 4.24. The van der Waals surface area contributed by atoms with Gasteiger partial charge in [-0.25, -0.2) is 4.98 Å². The molecule has 31 heavy (non-hydrogen) atoms. The van der Waals surface area contributed by atoms with Crippen LogP contribution < -0.4 is 10.6 Å². The molecule has 160 valence electrons. The lowest BCUT2D eigenvalue weighted by molar-refractivity contribution is -0.125. The van der Waals surface area contributed by atoms with Crippen molar-refractivity contribution in [2.24, 2.45) is 0 Å². The minimum Gasteiger partial charge on any atom is -0.384 e. The molecule has 1 amide bonds. The van der Waals surface area contributed by atoms with Crippen LogP contribution in [0.25, 0.3) is 11.1 Å². The molecule has 0 spiro atoms. The first kappa shape index (κ1) is 21.6. The molecule has 1 heterocycles. The molecule has 4 rings (SSSR count). The maximum Gasteiger partial charge on any atom is 0.235 e. The van der Waals surface area contributed by atoms with Crippen LogP contribution in [-0.2, 0) is 10.2 Å². The number of pyridine rings is 1. The monoisotopic (exact) mass is 477 g/mol. The lowest BCUT2D eigenvalue weighted by Crippen LogP contribution is -2.44. The molecule has 2 aromatic carbocycles. The number of carbonyl (C=O) groups is 1. The van der Waals surface area contributed by atoms with Crippen molar-refractivity contribution >= 4 is 27.5 Å². The number of amides is 1. The van der Waals surface area contributed by atoms with Crippen LogP contribution in [0, 0.1) is 0 Å². The first-order valence-electron chi connectivity index (χ1n) is 11.0. The highest BCUT2D eigenvalue weighted by Gasteiger charge is 2.48. The number of nitrogens with zero attached hydrogens (tertiary/aromatic N) is 1. The van der Waals surface area contributed by atoms with Gasteiger partial charge in [-0.15, -0.1) is 0 Å². The summed E-state index contributed by atoms with van der Waals surface area (Å²) in [6, 6.07) is 20.7. The van der Waals surface area contributed by atoms with E-state index in [1.165, 1.54) is 11.1 Å². The Bertz CT molecular complexity index is 1000. The minimum atomic E-state index is -0.623. The molecule has 1 aromatic heterocycles. The maximum absolute atomic E-state index is 13.6. The number of hydrogen-bond donors (Lipinski definition) is 2. The molecule has 0 atom stereocenters. The van der Waals surface area contributed by atoms with Crippen LogP contribution in [0.4, 0.5) is 5.69 Å². The zero-order chi connectivity index (χ0) is 21.7. The fourth-order valence-corrected chi connectivity index (χ4v) is 4.81. The highest BCUT2D eigenvalue weighted by atomic mass is 79.9. The van der Waals surface area contributed by atoms with Crippen molar-refractivity contribution in [2.45, 2.75) is 38.0 Å². The van der Waals surface area contributed by atoms with Gasteiger partial charge in [0.25, 0.3) is 0 Å². The molecule has 0 aliphatic heterocycles. The summed E-state index contributed by atoms with van der Waals surface area (Å²) in [5.41, 5.74) is 5.02. The Hall–Kier alpha value is -2.66. The Kier molecular flexibility index (Phi) is 6.71. The first-order valence-corrected chi connectivity index (χ1v) is 11.8. The summed E-state index contributed by atoms with van der Waals surface area (Å²) in [5.74, 6) is 0.122. The number of aromatic nitrogens is 1. The molecule has 0 unspecified atom stereocenters. The molecule has 1 aliphatic rings. The SMILES string of the molecule is CCCNC(=O)C1(CCCCNc2ccc(Br)nc2)c2ccccc2-c2ccccc21. The molecule has 4 nitrogen and oxygen atoms in total. The van der Waals surface area contributed by atoms with Crippen LogP contribution in [0.2, 0.25) is 0 Å². The first-order chi connectivity index (χ1) is 15.2. The van der Waals surface area contributed by atoms with Crippen molar-refractivity contribution in [2.75, 3.05) is 18.4 Å². The number of benzene rings is 2. The summed E-state index contributed by atoms with van der Waals surface area (Å²) in [6.07, 6.45) is 5.46. The summed E-state index contributed by atoms with van der Waals surface area (Å²) in [4.78, 5) is 17.9. The molecule has 5 heteroatoms. The third-order valence-electron chi connectivity index (χ3n) is 6.02. The number of halogens is 1. The molecular weight excluding hydrogens is 450 g/mol. The predicted molar refractivity (Wildman–Crippen MR) is 130 cm³/mol. The highest BCUT2D eigenvalue weighted by Crippen LogP contribution is 2.51. The zero-order valence-electron chi connectivity index (χ0n) is 17.8. The average molecular weight is 478 g/mol. The summed E-state index contributed by atoms with van der Waals surface area (Å²) < 4.78 is 0.830. The van der Waals surface area contributed by atoms with Gasteiger partial charge in [0.05, 0.1) is 11.9 Å². The van der Waals surface area contributed by atoms with Crippen LogP contribution in [0.5, 0.6) is 0 Å². The molecule has 1 aliphatic carbocycles. The summed E-state index contributed by atoms with van der Waals surface area (Å²) in [6.45, 7) is 3.63. The van der Waals surface area contributed by atoms with E-state index < -0.39 is 5.41 Å². The number of nitrogens with one attached hydrogen (secondary N) is 2. The Morgan fingerprint density at radius 2 is 1.61 bits per heavy atom. The molecule has 0 fully saturated rings. The zero-order valence-corrected chi connectivity index (χ0v) is 19.4. The fourth-order valence-electron chi connectivity index (χ4n) is 4.57. The Balaban J connectivity index is 1.55.